The Bertz CT molecular complexity index is 1100. The maximum atomic E-state index is 14.0. The molecular formula is C26H32N2O4. The average molecular weight is 437 g/mol. The summed E-state index contributed by atoms with van der Waals surface area (Å²) in [5, 5.41) is 0. The molecule has 4 rings (SSSR count). The summed E-state index contributed by atoms with van der Waals surface area (Å²) in [5.41, 5.74) is 0.942. The molecule has 3 atom stereocenters. The number of aromatic nitrogens is 1. The Morgan fingerprint density at radius 3 is 2.59 bits per heavy atom. The number of carbonyl (C=O) groups is 1. The molecular weight excluding hydrogens is 404 g/mol. The van der Waals surface area contributed by atoms with E-state index in [1.165, 1.54) is 10.6 Å². The van der Waals surface area contributed by atoms with Crippen molar-refractivity contribution in [2.45, 2.75) is 39.7 Å². The molecule has 2 aliphatic rings. The van der Waals surface area contributed by atoms with Crippen LogP contribution < -0.4 is 15.0 Å². The van der Waals surface area contributed by atoms with Gasteiger partial charge >= 0.3 is 0 Å². The van der Waals surface area contributed by atoms with E-state index in [2.05, 4.69) is 20.8 Å². The molecule has 6 nitrogen and oxygen atoms in total. The highest BCUT2D eigenvalue weighted by atomic mass is 16.5. The fraction of sp³-hybridized carbons (Fsp3) is 0.462. The number of ether oxygens (including phenoxy) is 2. The molecule has 0 N–H and O–H groups in total. The summed E-state index contributed by atoms with van der Waals surface area (Å²) < 4.78 is 12.4. The second-order valence-electron chi connectivity index (χ2n) is 9.63. The second-order valence-corrected chi connectivity index (χ2v) is 9.63. The van der Waals surface area contributed by atoms with Crippen LogP contribution in [0.25, 0.3) is 11.8 Å². The minimum Gasteiger partial charge on any atom is -0.493 e. The molecule has 1 aliphatic heterocycles. The zero-order chi connectivity index (χ0) is 23.0. The number of nitrogens with zero attached hydrogens (tertiary/aromatic N) is 2. The molecule has 1 saturated heterocycles. The molecule has 1 amide bonds. The van der Waals surface area contributed by atoms with Crippen LogP contribution in [0.3, 0.4) is 0 Å². The van der Waals surface area contributed by atoms with Gasteiger partial charge in [-0.2, -0.15) is 0 Å². The monoisotopic (exact) mass is 436 g/mol. The quantitative estimate of drug-likeness (QED) is 0.661. The zero-order valence-electron chi connectivity index (χ0n) is 19.5. The maximum Gasteiger partial charge on any atom is 0.271 e. The largest absolute Gasteiger partial charge is 0.493 e. The first-order valence-corrected chi connectivity index (χ1v) is 11.2. The summed E-state index contributed by atoms with van der Waals surface area (Å²) >= 11 is 0. The smallest absolute Gasteiger partial charge is 0.271 e. The van der Waals surface area contributed by atoms with Gasteiger partial charge in [-0.15, -0.1) is 0 Å². The number of hydrogen-bond donors (Lipinski definition) is 0. The van der Waals surface area contributed by atoms with Gasteiger partial charge in [-0.3, -0.25) is 14.2 Å². The molecule has 1 aromatic heterocycles. The summed E-state index contributed by atoms with van der Waals surface area (Å²) in [4.78, 5) is 28.7. The van der Waals surface area contributed by atoms with Crippen molar-refractivity contribution < 1.29 is 14.3 Å². The van der Waals surface area contributed by atoms with E-state index in [4.69, 9.17) is 9.47 Å². The first-order valence-electron chi connectivity index (χ1n) is 11.2. The summed E-state index contributed by atoms with van der Waals surface area (Å²) in [7, 11) is 3.14. The Kier molecular flexibility index (Phi) is 5.89. The van der Waals surface area contributed by atoms with E-state index < -0.39 is 0 Å². The molecule has 2 heterocycles. The lowest BCUT2D eigenvalue weighted by Crippen LogP contribution is -2.45. The molecule has 0 radical (unpaired) electrons. The summed E-state index contributed by atoms with van der Waals surface area (Å²) in [6, 6.07) is 10.6. The molecule has 170 valence electrons. The highest BCUT2D eigenvalue weighted by Crippen LogP contribution is 2.49. The van der Waals surface area contributed by atoms with E-state index >= 15 is 0 Å². The third-order valence-corrected chi connectivity index (χ3v) is 7.34. The lowest BCUT2D eigenvalue weighted by molar-refractivity contribution is -0.127. The summed E-state index contributed by atoms with van der Waals surface area (Å²) in [6.45, 7) is 7.57. The van der Waals surface area contributed by atoms with E-state index in [-0.39, 0.29) is 22.9 Å². The number of methoxy groups -OCH3 is 2. The van der Waals surface area contributed by atoms with Crippen LogP contribution in [-0.4, -0.2) is 42.2 Å². The Morgan fingerprint density at radius 2 is 1.91 bits per heavy atom. The number of likely N-dealkylation sites (tertiary alicyclic amines) is 1. The van der Waals surface area contributed by atoms with Gasteiger partial charge in [0.2, 0.25) is 0 Å². The van der Waals surface area contributed by atoms with Crippen LogP contribution in [0.4, 0.5) is 0 Å². The number of para-hydroxylation sites is 1. The molecule has 0 spiro atoms. The Labute approximate surface area is 189 Å². The second kappa shape index (κ2) is 8.49. The minimum atomic E-state index is -0.246. The molecule has 2 aromatic rings. The van der Waals surface area contributed by atoms with Gasteiger partial charge in [-0.05, 0) is 48.3 Å². The van der Waals surface area contributed by atoms with Crippen molar-refractivity contribution in [3.8, 4) is 11.5 Å². The Hall–Kier alpha value is -3.02. The molecule has 1 aromatic carbocycles. The van der Waals surface area contributed by atoms with Crippen molar-refractivity contribution in [2.24, 2.45) is 17.3 Å². The van der Waals surface area contributed by atoms with E-state index in [1.807, 2.05) is 17.0 Å². The number of rotatable bonds is 5. The van der Waals surface area contributed by atoms with Gasteiger partial charge in [0.25, 0.3) is 11.5 Å². The molecule has 6 heteroatoms. The van der Waals surface area contributed by atoms with Gasteiger partial charge in [0.1, 0.15) is 5.70 Å². The maximum absolute atomic E-state index is 14.0. The topological polar surface area (TPSA) is 60.8 Å². The van der Waals surface area contributed by atoms with Crippen molar-refractivity contribution in [3.05, 3.63) is 58.5 Å². The molecule has 2 fully saturated rings. The normalized spacial score (nSPS) is 24.3. The number of amides is 1. The van der Waals surface area contributed by atoms with Gasteiger partial charge in [0.05, 0.1) is 14.2 Å². The molecule has 1 saturated carbocycles. The third kappa shape index (κ3) is 3.83. The zero-order valence-corrected chi connectivity index (χ0v) is 19.5. The number of carbonyl (C=O) groups excluding carboxylic acids is 1. The predicted octanol–water partition coefficient (Wildman–Crippen LogP) is 4.15. The highest BCUT2D eigenvalue weighted by molar-refractivity contribution is 6.18. The van der Waals surface area contributed by atoms with Crippen molar-refractivity contribution in [1.29, 1.82) is 0 Å². The fourth-order valence-corrected chi connectivity index (χ4v) is 5.44. The van der Waals surface area contributed by atoms with Gasteiger partial charge in [-0.25, -0.2) is 0 Å². The SMILES string of the molecule is COc1cccc(C=C(C(=O)N2CC3CC2C(C)C(C)(C)C3)n2ccccc2=O)c1OC. The van der Waals surface area contributed by atoms with Crippen LogP contribution in [0.5, 0.6) is 11.5 Å². The van der Waals surface area contributed by atoms with Crippen LogP contribution >= 0.6 is 0 Å². The standard InChI is InChI=1S/C26H32N2O4/c1-17-20-13-18(15-26(17,2)3)16-28(20)25(30)21(27-12-7-6-11-23(27)29)14-19-9-8-10-22(31-4)24(19)32-5/h6-12,14,17-18,20H,13,15-16H2,1-5H3. The summed E-state index contributed by atoms with van der Waals surface area (Å²) in [5.74, 6) is 1.85. The van der Waals surface area contributed by atoms with Crippen molar-refractivity contribution in [1.82, 2.24) is 9.47 Å². The highest BCUT2D eigenvalue weighted by Gasteiger charge is 2.49. The number of benzene rings is 1. The lowest BCUT2D eigenvalue weighted by atomic mass is 9.65. The van der Waals surface area contributed by atoms with Crippen LogP contribution in [0.2, 0.25) is 0 Å². The number of fused-ring (bicyclic) bond motifs is 2. The van der Waals surface area contributed by atoms with E-state index in [9.17, 15) is 9.59 Å². The lowest BCUT2D eigenvalue weighted by Gasteiger charge is -2.42. The van der Waals surface area contributed by atoms with Crippen molar-refractivity contribution in [2.75, 3.05) is 20.8 Å². The summed E-state index contributed by atoms with van der Waals surface area (Å²) in [6.07, 6.45) is 5.52. The molecule has 1 aliphatic carbocycles. The van der Waals surface area contributed by atoms with E-state index in [0.29, 0.717) is 34.6 Å². The van der Waals surface area contributed by atoms with Crippen LogP contribution in [0, 0.1) is 17.3 Å². The number of pyridine rings is 1. The van der Waals surface area contributed by atoms with Gasteiger partial charge < -0.3 is 14.4 Å². The van der Waals surface area contributed by atoms with E-state index in [1.54, 1.807) is 44.7 Å². The average Bonchev–Trinajstić information content (AvgIpc) is 3.15. The Balaban J connectivity index is 1.82. The van der Waals surface area contributed by atoms with Gasteiger partial charge in [0.15, 0.2) is 11.5 Å². The van der Waals surface area contributed by atoms with Crippen molar-refractivity contribution in [3.63, 3.8) is 0 Å². The van der Waals surface area contributed by atoms with Gasteiger partial charge in [-0.1, -0.05) is 39.0 Å². The fourth-order valence-electron chi connectivity index (χ4n) is 5.44. The van der Waals surface area contributed by atoms with Crippen LogP contribution in [0.15, 0.2) is 47.4 Å². The Morgan fingerprint density at radius 1 is 1.12 bits per heavy atom. The molecule has 32 heavy (non-hydrogen) atoms. The molecule has 2 bridgehead atoms. The van der Waals surface area contributed by atoms with Crippen LogP contribution in [-0.2, 0) is 4.79 Å². The van der Waals surface area contributed by atoms with Gasteiger partial charge in [0, 0.05) is 30.4 Å². The third-order valence-electron chi connectivity index (χ3n) is 7.34. The first kappa shape index (κ1) is 22.2. The number of hydrogen-bond acceptors (Lipinski definition) is 4. The predicted molar refractivity (Wildman–Crippen MR) is 126 cm³/mol. The molecule has 3 unspecified atom stereocenters. The van der Waals surface area contributed by atoms with E-state index in [0.717, 1.165) is 19.4 Å². The van der Waals surface area contributed by atoms with Crippen LogP contribution in [0.1, 0.15) is 39.2 Å². The van der Waals surface area contributed by atoms with Crippen molar-refractivity contribution >= 4 is 17.7 Å². The minimum absolute atomic E-state index is 0.125. The first-order chi connectivity index (χ1) is 15.3.